The third kappa shape index (κ3) is 3.65. The number of anilines is 1. The van der Waals surface area contributed by atoms with E-state index in [0.717, 1.165) is 53.0 Å². The van der Waals surface area contributed by atoms with Gasteiger partial charge < -0.3 is 5.32 Å². The maximum atomic E-state index is 4.83. The molecule has 1 N–H and O–H groups in total. The number of fused-ring (bicyclic) bond motifs is 1. The smallest absolute Gasteiger partial charge is 0.165 e. The first-order chi connectivity index (χ1) is 13.4. The Labute approximate surface area is 159 Å². The molecule has 0 saturated heterocycles. The van der Waals surface area contributed by atoms with E-state index in [1.54, 1.807) is 6.33 Å². The van der Waals surface area contributed by atoms with Crippen molar-refractivity contribution in [2.45, 2.75) is 19.8 Å². The van der Waals surface area contributed by atoms with Gasteiger partial charge in [-0.1, -0.05) is 74.0 Å². The number of hydrogen-bond acceptors (Lipinski definition) is 4. The Morgan fingerprint density at radius 3 is 2.26 bits per heavy atom. The van der Waals surface area contributed by atoms with Crippen molar-refractivity contribution in [3.63, 3.8) is 0 Å². The molecule has 4 nitrogen and oxygen atoms in total. The Bertz CT molecular complexity index is 1030. The second-order valence-electron chi connectivity index (χ2n) is 6.49. The van der Waals surface area contributed by atoms with E-state index in [4.69, 9.17) is 4.98 Å². The Hall–Kier alpha value is -3.27. The van der Waals surface area contributed by atoms with Crippen molar-refractivity contribution in [1.82, 2.24) is 15.0 Å². The molecule has 0 bridgehead atoms. The third-order valence-corrected chi connectivity index (χ3v) is 4.58. The highest BCUT2D eigenvalue weighted by Crippen LogP contribution is 2.34. The number of rotatable bonds is 6. The topological polar surface area (TPSA) is 50.7 Å². The molecular weight excluding hydrogens is 332 g/mol. The fourth-order valence-electron chi connectivity index (χ4n) is 3.18. The van der Waals surface area contributed by atoms with Crippen LogP contribution < -0.4 is 5.32 Å². The minimum absolute atomic E-state index is 0.712. The molecule has 4 rings (SSSR count). The monoisotopic (exact) mass is 354 g/mol. The molecule has 0 amide bonds. The summed E-state index contributed by atoms with van der Waals surface area (Å²) in [5.41, 5.74) is 4.94. The molecule has 2 heterocycles. The van der Waals surface area contributed by atoms with E-state index < -0.39 is 0 Å². The van der Waals surface area contributed by atoms with Crippen LogP contribution in [0, 0.1) is 0 Å². The van der Waals surface area contributed by atoms with Crippen LogP contribution in [0.5, 0.6) is 0 Å². The second kappa shape index (κ2) is 7.96. The third-order valence-electron chi connectivity index (χ3n) is 4.58. The van der Waals surface area contributed by atoms with Gasteiger partial charge in [-0.2, -0.15) is 0 Å². The molecule has 134 valence electrons. The average molecular weight is 354 g/mol. The van der Waals surface area contributed by atoms with Crippen LogP contribution in [0.15, 0.2) is 73.1 Å². The van der Waals surface area contributed by atoms with E-state index in [1.165, 1.54) is 0 Å². The number of benzene rings is 2. The molecule has 2 aromatic carbocycles. The Morgan fingerprint density at radius 2 is 1.56 bits per heavy atom. The van der Waals surface area contributed by atoms with Crippen LogP contribution in [-0.4, -0.2) is 21.5 Å². The average Bonchev–Trinajstić information content (AvgIpc) is 2.74. The zero-order valence-electron chi connectivity index (χ0n) is 15.4. The van der Waals surface area contributed by atoms with Gasteiger partial charge in [-0.15, -0.1) is 0 Å². The molecule has 4 heteroatoms. The lowest BCUT2D eigenvalue weighted by atomic mass is 10.00. The highest BCUT2D eigenvalue weighted by Gasteiger charge is 2.14. The van der Waals surface area contributed by atoms with E-state index in [1.807, 2.05) is 24.3 Å². The van der Waals surface area contributed by atoms with Crippen LogP contribution in [0.4, 0.5) is 5.82 Å². The van der Waals surface area contributed by atoms with Crippen LogP contribution in [-0.2, 0) is 0 Å². The Kier molecular flexibility index (Phi) is 5.06. The van der Waals surface area contributed by atoms with Gasteiger partial charge in [0.1, 0.15) is 12.1 Å². The van der Waals surface area contributed by atoms with Crippen molar-refractivity contribution in [1.29, 1.82) is 0 Å². The molecule has 0 radical (unpaired) electrons. The summed E-state index contributed by atoms with van der Waals surface area (Å²) in [6.45, 7) is 3.07. The normalized spacial score (nSPS) is 10.9. The van der Waals surface area contributed by atoms with Crippen molar-refractivity contribution in [2.24, 2.45) is 0 Å². The number of unbranched alkanes of at least 4 members (excludes halogenated alkanes) is 1. The van der Waals surface area contributed by atoms with Crippen molar-refractivity contribution < 1.29 is 0 Å². The molecule has 4 aromatic rings. The lowest BCUT2D eigenvalue weighted by Crippen LogP contribution is -2.05. The van der Waals surface area contributed by atoms with Crippen LogP contribution >= 0.6 is 0 Å². The van der Waals surface area contributed by atoms with Gasteiger partial charge in [0.25, 0.3) is 0 Å². The predicted molar refractivity (Wildman–Crippen MR) is 112 cm³/mol. The predicted octanol–water partition coefficient (Wildman–Crippen LogP) is 5.57. The van der Waals surface area contributed by atoms with Gasteiger partial charge in [0, 0.05) is 12.1 Å². The summed E-state index contributed by atoms with van der Waals surface area (Å²) in [6, 6.07) is 22.7. The Morgan fingerprint density at radius 1 is 0.852 bits per heavy atom. The lowest BCUT2D eigenvalue weighted by molar-refractivity contribution is 0.831. The lowest BCUT2D eigenvalue weighted by Gasteiger charge is -2.13. The van der Waals surface area contributed by atoms with Gasteiger partial charge in [0.05, 0.1) is 11.1 Å². The number of aromatic nitrogens is 3. The highest BCUT2D eigenvalue weighted by atomic mass is 15.0. The molecular formula is C23H22N4. The van der Waals surface area contributed by atoms with Crippen molar-refractivity contribution >= 4 is 16.9 Å². The van der Waals surface area contributed by atoms with E-state index in [-0.39, 0.29) is 0 Å². The Balaban J connectivity index is 1.93. The van der Waals surface area contributed by atoms with E-state index >= 15 is 0 Å². The maximum absolute atomic E-state index is 4.83. The van der Waals surface area contributed by atoms with Crippen LogP contribution in [0.25, 0.3) is 33.4 Å². The second-order valence-corrected chi connectivity index (χ2v) is 6.49. The summed E-state index contributed by atoms with van der Waals surface area (Å²) in [4.78, 5) is 13.8. The standard InChI is InChI=1S/C23H22N4/c1-2-3-14-24-22-21-19(17-10-6-4-7-11-17)15-20(18-12-8-5-9-13-18)27-23(21)26-16-25-22/h4-13,15-16H,2-3,14H2,1H3,(H,24,25,26,27). The van der Waals surface area contributed by atoms with Crippen LogP contribution in [0.1, 0.15) is 19.8 Å². The van der Waals surface area contributed by atoms with E-state index in [0.29, 0.717) is 5.65 Å². The summed E-state index contributed by atoms with van der Waals surface area (Å²) >= 11 is 0. The van der Waals surface area contributed by atoms with Gasteiger partial charge in [-0.05, 0) is 23.6 Å². The first-order valence-corrected chi connectivity index (χ1v) is 9.37. The molecule has 2 aromatic heterocycles. The quantitative estimate of drug-likeness (QED) is 0.460. The van der Waals surface area contributed by atoms with Gasteiger partial charge >= 0.3 is 0 Å². The fraction of sp³-hybridized carbons (Fsp3) is 0.174. The summed E-state index contributed by atoms with van der Waals surface area (Å²) < 4.78 is 0. The zero-order chi connectivity index (χ0) is 18.5. The van der Waals surface area contributed by atoms with Crippen molar-refractivity contribution in [2.75, 3.05) is 11.9 Å². The first-order valence-electron chi connectivity index (χ1n) is 9.37. The molecule has 0 aliphatic carbocycles. The molecule has 0 saturated carbocycles. The molecule has 27 heavy (non-hydrogen) atoms. The summed E-state index contributed by atoms with van der Waals surface area (Å²) in [5, 5.41) is 4.44. The van der Waals surface area contributed by atoms with E-state index in [9.17, 15) is 0 Å². The van der Waals surface area contributed by atoms with Gasteiger partial charge in [0.15, 0.2) is 5.65 Å². The van der Waals surface area contributed by atoms with Gasteiger partial charge in [-0.3, -0.25) is 0 Å². The number of hydrogen-bond donors (Lipinski definition) is 1. The molecule has 0 spiro atoms. The molecule has 0 unspecified atom stereocenters. The highest BCUT2D eigenvalue weighted by molar-refractivity contribution is 6.01. The minimum Gasteiger partial charge on any atom is -0.369 e. The number of nitrogens with zero attached hydrogens (tertiary/aromatic N) is 3. The first kappa shape index (κ1) is 17.2. The van der Waals surface area contributed by atoms with Gasteiger partial charge in [-0.25, -0.2) is 15.0 Å². The minimum atomic E-state index is 0.712. The molecule has 0 fully saturated rings. The maximum Gasteiger partial charge on any atom is 0.165 e. The van der Waals surface area contributed by atoms with Gasteiger partial charge in [0.2, 0.25) is 0 Å². The van der Waals surface area contributed by atoms with Crippen molar-refractivity contribution in [3.05, 3.63) is 73.1 Å². The molecule has 0 aliphatic heterocycles. The number of nitrogens with one attached hydrogen (secondary N) is 1. The molecule has 0 aliphatic rings. The molecule has 0 atom stereocenters. The van der Waals surface area contributed by atoms with E-state index in [2.05, 4.69) is 64.7 Å². The van der Waals surface area contributed by atoms with Crippen molar-refractivity contribution in [3.8, 4) is 22.4 Å². The largest absolute Gasteiger partial charge is 0.369 e. The van der Waals surface area contributed by atoms with Crippen LogP contribution in [0.2, 0.25) is 0 Å². The fourth-order valence-corrected chi connectivity index (χ4v) is 3.18. The summed E-state index contributed by atoms with van der Waals surface area (Å²) in [7, 11) is 0. The summed E-state index contributed by atoms with van der Waals surface area (Å²) in [6.07, 6.45) is 3.83. The SMILES string of the molecule is CCCCNc1ncnc2nc(-c3ccccc3)cc(-c3ccccc3)c12. The number of pyridine rings is 1. The summed E-state index contributed by atoms with van der Waals surface area (Å²) in [5.74, 6) is 0.847. The van der Waals surface area contributed by atoms with Crippen LogP contribution in [0.3, 0.4) is 0 Å². The zero-order valence-corrected chi connectivity index (χ0v) is 15.4.